The van der Waals surface area contributed by atoms with Crippen LogP contribution in [-0.2, 0) is 26.5 Å². The van der Waals surface area contributed by atoms with Crippen LogP contribution >= 0.6 is 11.8 Å². The van der Waals surface area contributed by atoms with Crippen molar-refractivity contribution < 1.29 is 13.2 Å². The number of hydrogen-bond donors (Lipinski definition) is 0. The van der Waals surface area contributed by atoms with Gasteiger partial charge in [0.25, 0.3) is 0 Å². The Labute approximate surface area is 214 Å². The van der Waals surface area contributed by atoms with Crippen molar-refractivity contribution in [2.75, 3.05) is 5.75 Å². The highest BCUT2D eigenvalue weighted by Gasteiger charge is 2.42. The molecule has 1 atom stereocenters. The van der Waals surface area contributed by atoms with E-state index < -0.39 is 9.84 Å². The number of amides is 1. The van der Waals surface area contributed by atoms with Gasteiger partial charge >= 0.3 is 0 Å². The van der Waals surface area contributed by atoms with Gasteiger partial charge < -0.3 is 0 Å². The largest absolute Gasteiger partial charge is 0.287 e. The predicted octanol–water partition coefficient (Wildman–Crippen LogP) is 6.28. The van der Waals surface area contributed by atoms with Gasteiger partial charge in [-0.15, -0.1) is 0 Å². The molecule has 2 aromatic rings. The Morgan fingerprint density at radius 1 is 0.971 bits per heavy atom. The zero-order valence-corrected chi connectivity index (χ0v) is 22.8. The van der Waals surface area contributed by atoms with E-state index in [-0.39, 0.29) is 28.4 Å². The van der Waals surface area contributed by atoms with Gasteiger partial charge in [-0.1, -0.05) is 83.0 Å². The first-order valence-electron chi connectivity index (χ1n) is 12.6. The number of carbonyl (C=O) groups excluding carboxylic acids is 1. The van der Waals surface area contributed by atoms with Gasteiger partial charge in [0.2, 0.25) is 5.91 Å². The van der Waals surface area contributed by atoms with Crippen molar-refractivity contribution in [1.29, 1.82) is 0 Å². The molecule has 1 saturated carbocycles. The Hall–Kier alpha value is -2.12. The van der Waals surface area contributed by atoms with Crippen LogP contribution in [0.15, 0.2) is 58.4 Å². The molecule has 0 N–H and O–H groups in total. The van der Waals surface area contributed by atoms with Crippen molar-refractivity contribution >= 4 is 38.4 Å². The molecule has 2 fully saturated rings. The summed E-state index contributed by atoms with van der Waals surface area (Å²) in [7, 11) is -3.25. The van der Waals surface area contributed by atoms with E-state index >= 15 is 0 Å². The summed E-state index contributed by atoms with van der Waals surface area (Å²) in [5, 5.41) is 0.542. The molecule has 0 radical (unpaired) electrons. The first kappa shape index (κ1) is 26.0. The van der Waals surface area contributed by atoms with Crippen molar-refractivity contribution in [3.05, 3.63) is 59.7 Å². The third kappa shape index (κ3) is 6.00. The maximum atomic E-state index is 13.6. The van der Waals surface area contributed by atoms with Crippen LogP contribution in [-0.4, -0.2) is 41.4 Å². The lowest BCUT2D eigenvalue weighted by Crippen LogP contribution is -2.42. The van der Waals surface area contributed by atoms with E-state index in [2.05, 4.69) is 45.0 Å². The maximum Gasteiger partial charge on any atom is 0.242 e. The number of aliphatic imine (C=N–C) groups is 1. The van der Waals surface area contributed by atoms with Gasteiger partial charge in [-0.3, -0.25) is 9.69 Å². The van der Waals surface area contributed by atoms with E-state index in [1.807, 2.05) is 4.90 Å². The average Bonchev–Trinajstić information content (AvgIpc) is 3.14. The monoisotopic (exact) mass is 512 g/mol. The zero-order chi connectivity index (χ0) is 25.2. The topological polar surface area (TPSA) is 66.8 Å². The van der Waals surface area contributed by atoms with Gasteiger partial charge in [0.15, 0.2) is 15.0 Å². The molecule has 1 aliphatic heterocycles. The standard InChI is InChI=1S/C28H36N2O3S2/c1-5-35(32,33)24-17-15-22(16-18-24)29-27-30(23-9-7-6-8-10-23)26(31)25(34-27)19-20-11-13-21(14-12-20)28(2,3)4/h11-18,23,25H,5-10,19H2,1-4H3. The number of hydrogen-bond acceptors (Lipinski definition) is 5. The highest BCUT2D eigenvalue weighted by Crippen LogP contribution is 2.37. The van der Waals surface area contributed by atoms with E-state index in [0.29, 0.717) is 17.0 Å². The summed E-state index contributed by atoms with van der Waals surface area (Å²) in [6.45, 7) is 8.25. The molecule has 2 aromatic carbocycles. The van der Waals surface area contributed by atoms with Crippen LogP contribution in [0.3, 0.4) is 0 Å². The van der Waals surface area contributed by atoms with Crippen molar-refractivity contribution in [1.82, 2.24) is 4.90 Å². The molecule has 0 spiro atoms. The summed E-state index contributed by atoms with van der Waals surface area (Å²) in [6, 6.07) is 15.5. The first-order chi connectivity index (χ1) is 16.6. The number of nitrogens with zero attached hydrogens (tertiary/aromatic N) is 2. The normalized spacial score (nSPS) is 21.1. The van der Waals surface area contributed by atoms with Gasteiger partial charge in [0.1, 0.15) is 0 Å². The molecule has 1 amide bonds. The molecular weight excluding hydrogens is 476 g/mol. The number of thioether (sulfide) groups is 1. The second kappa shape index (κ2) is 10.5. The minimum Gasteiger partial charge on any atom is -0.287 e. The summed E-state index contributed by atoms with van der Waals surface area (Å²) in [5.41, 5.74) is 3.21. The van der Waals surface area contributed by atoms with Gasteiger partial charge in [-0.2, -0.15) is 0 Å². The fourth-order valence-electron chi connectivity index (χ4n) is 4.73. The number of carbonyl (C=O) groups is 1. The van der Waals surface area contributed by atoms with Gasteiger partial charge in [0.05, 0.1) is 21.6 Å². The Kier molecular flexibility index (Phi) is 7.77. The molecule has 0 bridgehead atoms. The predicted molar refractivity (Wildman–Crippen MR) is 145 cm³/mol. The molecule has 4 rings (SSSR count). The minimum atomic E-state index is -3.25. The zero-order valence-electron chi connectivity index (χ0n) is 21.2. The van der Waals surface area contributed by atoms with E-state index in [4.69, 9.17) is 4.99 Å². The van der Waals surface area contributed by atoms with Crippen LogP contribution in [0.2, 0.25) is 0 Å². The third-order valence-corrected chi connectivity index (χ3v) is 9.85. The van der Waals surface area contributed by atoms with Crippen LogP contribution in [0, 0.1) is 0 Å². The molecule has 35 heavy (non-hydrogen) atoms. The molecule has 1 saturated heterocycles. The molecule has 2 aliphatic rings. The molecule has 1 unspecified atom stereocenters. The van der Waals surface area contributed by atoms with Crippen LogP contribution in [0.5, 0.6) is 0 Å². The fourth-order valence-corrected chi connectivity index (χ4v) is 6.87. The first-order valence-corrected chi connectivity index (χ1v) is 15.1. The Morgan fingerprint density at radius 2 is 1.60 bits per heavy atom. The summed E-state index contributed by atoms with van der Waals surface area (Å²) < 4.78 is 24.3. The quantitative estimate of drug-likeness (QED) is 0.457. The average molecular weight is 513 g/mol. The van der Waals surface area contributed by atoms with Gasteiger partial charge in [-0.25, -0.2) is 13.4 Å². The number of benzene rings is 2. The Morgan fingerprint density at radius 3 is 2.17 bits per heavy atom. The molecule has 5 nitrogen and oxygen atoms in total. The van der Waals surface area contributed by atoms with Crippen molar-refractivity contribution in [2.24, 2.45) is 4.99 Å². The lowest BCUT2D eigenvalue weighted by molar-refractivity contribution is -0.128. The fraction of sp³-hybridized carbons (Fsp3) is 0.500. The van der Waals surface area contributed by atoms with E-state index in [1.54, 1.807) is 43.0 Å². The summed E-state index contributed by atoms with van der Waals surface area (Å²) in [4.78, 5) is 20.7. The maximum absolute atomic E-state index is 13.6. The SMILES string of the molecule is CCS(=O)(=O)c1ccc(N=C2SC(Cc3ccc(C(C)(C)C)cc3)C(=O)N2C2CCCCC2)cc1. The number of amidine groups is 1. The Balaban J connectivity index is 1.59. The summed E-state index contributed by atoms with van der Waals surface area (Å²) >= 11 is 1.54. The van der Waals surface area contributed by atoms with Crippen LogP contribution < -0.4 is 0 Å². The van der Waals surface area contributed by atoms with Crippen molar-refractivity contribution in [3.8, 4) is 0 Å². The minimum absolute atomic E-state index is 0.0685. The summed E-state index contributed by atoms with van der Waals surface area (Å²) in [5.74, 6) is 0.213. The van der Waals surface area contributed by atoms with E-state index in [1.165, 1.54) is 12.0 Å². The van der Waals surface area contributed by atoms with Crippen LogP contribution in [0.4, 0.5) is 5.69 Å². The van der Waals surface area contributed by atoms with E-state index in [0.717, 1.165) is 36.4 Å². The molecular formula is C28H36N2O3S2. The highest BCUT2D eigenvalue weighted by molar-refractivity contribution is 8.15. The Bertz CT molecular complexity index is 1170. The van der Waals surface area contributed by atoms with Gasteiger partial charge in [0, 0.05) is 6.04 Å². The molecule has 7 heteroatoms. The highest BCUT2D eigenvalue weighted by atomic mass is 32.2. The van der Waals surface area contributed by atoms with Crippen molar-refractivity contribution in [3.63, 3.8) is 0 Å². The van der Waals surface area contributed by atoms with Crippen molar-refractivity contribution in [2.45, 2.75) is 87.8 Å². The number of sulfone groups is 1. The molecule has 0 aromatic heterocycles. The molecule has 188 valence electrons. The second-order valence-corrected chi connectivity index (χ2v) is 14.0. The molecule has 1 heterocycles. The van der Waals surface area contributed by atoms with Crippen LogP contribution in [0.1, 0.15) is 70.9 Å². The van der Waals surface area contributed by atoms with Crippen LogP contribution in [0.25, 0.3) is 0 Å². The third-order valence-electron chi connectivity index (χ3n) is 6.95. The second-order valence-electron chi connectivity index (χ2n) is 10.5. The number of rotatable bonds is 6. The van der Waals surface area contributed by atoms with E-state index in [9.17, 15) is 13.2 Å². The lowest BCUT2D eigenvalue weighted by atomic mass is 9.86. The summed E-state index contributed by atoms with van der Waals surface area (Å²) in [6.07, 6.45) is 6.17. The molecule has 1 aliphatic carbocycles. The smallest absolute Gasteiger partial charge is 0.242 e. The van der Waals surface area contributed by atoms with Gasteiger partial charge in [-0.05, 0) is 60.1 Å². The lowest BCUT2D eigenvalue weighted by Gasteiger charge is -2.30.